The Labute approximate surface area is 132 Å². The van der Waals surface area contributed by atoms with Crippen LogP contribution in [0.4, 0.5) is 0 Å². The zero-order valence-corrected chi connectivity index (χ0v) is 14.3. The molecule has 0 nitrogen and oxygen atoms in total. The highest BCUT2D eigenvalue weighted by atomic mass is 79.9. The van der Waals surface area contributed by atoms with Crippen molar-refractivity contribution in [1.29, 1.82) is 0 Å². The van der Waals surface area contributed by atoms with Crippen LogP contribution in [0.15, 0.2) is 36.4 Å². The first-order chi connectivity index (χ1) is 8.59. The zero-order valence-electron chi connectivity index (χ0n) is 9.54. The molecule has 92 valence electrons. The van der Waals surface area contributed by atoms with Crippen LogP contribution in [0.5, 0.6) is 0 Å². The van der Waals surface area contributed by atoms with Crippen molar-refractivity contribution in [2.75, 3.05) is 0 Å². The minimum Gasteiger partial charge on any atom is -0.0859 e. The van der Waals surface area contributed by atoms with E-state index in [1.54, 1.807) is 0 Å². The highest BCUT2D eigenvalue weighted by Gasteiger charge is 2.57. The standard InChI is InChI=1S/C15H11Br3/c16-14-12-7-13(15(14,17)18)11-6-9-4-2-1-3-8(9)5-10(11)12/h1-6,12-14H,7H2/t12-,13+,14?/m0/s1. The predicted molar refractivity (Wildman–Crippen MR) is 87.3 cm³/mol. The van der Waals surface area contributed by atoms with Crippen LogP contribution in [-0.2, 0) is 0 Å². The zero-order chi connectivity index (χ0) is 12.5. The second-order valence-corrected chi connectivity index (χ2v) is 9.97. The van der Waals surface area contributed by atoms with E-state index in [2.05, 4.69) is 84.2 Å². The largest absolute Gasteiger partial charge is 0.100 e. The first-order valence-electron chi connectivity index (χ1n) is 6.13. The molecule has 2 aliphatic rings. The van der Waals surface area contributed by atoms with Gasteiger partial charge in [0, 0.05) is 10.7 Å². The Morgan fingerprint density at radius 3 is 2.28 bits per heavy atom. The average Bonchev–Trinajstić information content (AvgIpc) is 2.83. The molecule has 1 unspecified atom stereocenters. The van der Waals surface area contributed by atoms with Gasteiger partial charge < -0.3 is 0 Å². The Bertz CT molecular complexity index is 647. The molecule has 0 radical (unpaired) electrons. The third-order valence-electron chi connectivity index (χ3n) is 4.40. The summed E-state index contributed by atoms with van der Waals surface area (Å²) in [6.45, 7) is 0. The fourth-order valence-electron chi connectivity index (χ4n) is 3.51. The Morgan fingerprint density at radius 1 is 1.00 bits per heavy atom. The van der Waals surface area contributed by atoms with E-state index in [9.17, 15) is 0 Å². The molecule has 0 aromatic heterocycles. The summed E-state index contributed by atoms with van der Waals surface area (Å²) in [5.41, 5.74) is 3.05. The number of fused-ring (bicyclic) bond motifs is 6. The van der Waals surface area contributed by atoms with Gasteiger partial charge in [0.05, 0.1) is 0 Å². The van der Waals surface area contributed by atoms with Gasteiger partial charge in [-0.1, -0.05) is 84.2 Å². The number of alkyl halides is 3. The molecule has 2 bridgehead atoms. The molecule has 0 saturated heterocycles. The summed E-state index contributed by atoms with van der Waals surface area (Å²) in [5, 5.41) is 2.71. The Hall–Kier alpha value is 0.140. The molecule has 4 rings (SSSR count). The third kappa shape index (κ3) is 1.41. The van der Waals surface area contributed by atoms with Crippen LogP contribution in [0.25, 0.3) is 10.8 Å². The van der Waals surface area contributed by atoms with Crippen molar-refractivity contribution >= 4 is 58.6 Å². The van der Waals surface area contributed by atoms with Crippen molar-refractivity contribution in [3.63, 3.8) is 0 Å². The molecule has 0 aliphatic heterocycles. The Balaban J connectivity index is 2.00. The lowest BCUT2D eigenvalue weighted by Gasteiger charge is -2.32. The number of benzene rings is 2. The molecule has 2 aromatic rings. The second kappa shape index (κ2) is 3.83. The summed E-state index contributed by atoms with van der Waals surface area (Å²) in [4.78, 5) is 0.462. The molecule has 0 heterocycles. The van der Waals surface area contributed by atoms with E-state index >= 15 is 0 Å². The maximum Gasteiger partial charge on any atom is 0.100 e. The number of hydrogen-bond donors (Lipinski definition) is 0. The maximum atomic E-state index is 3.87. The van der Waals surface area contributed by atoms with Crippen molar-refractivity contribution < 1.29 is 0 Å². The van der Waals surface area contributed by atoms with Crippen molar-refractivity contribution in [1.82, 2.24) is 0 Å². The lowest BCUT2D eigenvalue weighted by molar-refractivity contribution is 0.738. The van der Waals surface area contributed by atoms with E-state index < -0.39 is 0 Å². The van der Waals surface area contributed by atoms with Gasteiger partial charge in [0.2, 0.25) is 0 Å². The van der Waals surface area contributed by atoms with Gasteiger partial charge in [0.15, 0.2) is 0 Å². The van der Waals surface area contributed by atoms with Gasteiger partial charge in [-0.05, 0) is 34.2 Å². The molecule has 18 heavy (non-hydrogen) atoms. The van der Waals surface area contributed by atoms with Crippen molar-refractivity contribution in [3.05, 3.63) is 47.5 Å². The van der Waals surface area contributed by atoms with Gasteiger partial charge in [-0.15, -0.1) is 0 Å². The first-order valence-corrected chi connectivity index (χ1v) is 8.63. The number of hydrogen-bond acceptors (Lipinski definition) is 0. The third-order valence-corrected chi connectivity index (χ3v) is 9.08. The van der Waals surface area contributed by atoms with E-state index in [1.807, 2.05) is 0 Å². The maximum absolute atomic E-state index is 3.87. The smallest absolute Gasteiger partial charge is 0.0859 e. The molecular formula is C15H11Br3. The summed E-state index contributed by atoms with van der Waals surface area (Å²) >= 11 is 11.6. The molecule has 2 aromatic carbocycles. The average molecular weight is 431 g/mol. The van der Waals surface area contributed by atoms with Gasteiger partial charge in [-0.3, -0.25) is 0 Å². The predicted octanol–water partition coefficient (Wildman–Crippen LogP) is 5.67. The van der Waals surface area contributed by atoms with Gasteiger partial charge in [-0.2, -0.15) is 0 Å². The molecule has 1 fully saturated rings. The summed E-state index contributed by atoms with van der Waals surface area (Å²) in [7, 11) is 0. The van der Waals surface area contributed by atoms with Crippen molar-refractivity contribution in [2.45, 2.75) is 26.3 Å². The molecule has 0 amide bonds. The van der Waals surface area contributed by atoms with Crippen LogP contribution in [0, 0.1) is 0 Å². The normalized spacial score (nSPS) is 31.8. The monoisotopic (exact) mass is 428 g/mol. The molecule has 1 saturated carbocycles. The topological polar surface area (TPSA) is 0 Å². The van der Waals surface area contributed by atoms with Crippen LogP contribution in [0.1, 0.15) is 29.4 Å². The highest BCUT2D eigenvalue weighted by molar-refractivity contribution is 9.26. The van der Waals surface area contributed by atoms with Crippen molar-refractivity contribution in [3.8, 4) is 0 Å². The molecule has 0 spiro atoms. The second-order valence-electron chi connectivity index (χ2n) is 5.30. The van der Waals surface area contributed by atoms with Crippen LogP contribution in [-0.4, -0.2) is 8.06 Å². The Morgan fingerprint density at radius 2 is 1.61 bits per heavy atom. The number of rotatable bonds is 0. The first kappa shape index (κ1) is 11.9. The highest BCUT2D eigenvalue weighted by Crippen LogP contribution is 2.66. The molecule has 3 heteroatoms. The van der Waals surface area contributed by atoms with E-state index in [4.69, 9.17) is 0 Å². The van der Waals surface area contributed by atoms with Gasteiger partial charge >= 0.3 is 0 Å². The number of halogens is 3. The molecule has 0 N–H and O–H groups in total. The molecular weight excluding hydrogens is 420 g/mol. The quantitative estimate of drug-likeness (QED) is 0.472. The fraction of sp³-hybridized carbons (Fsp3) is 0.333. The van der Waals surface area contributed by atoms with E-state index in [0.717, 1.165) is 0 Å². The van der Waals surface area contributed by atoms with Gasteiger partial charge in [-0.25, -0.2) is 0 Å². The summed E-state index contributed by atoms with van der Waals surface area (Å²) in [6.07, 6.45) is 1.23. The lowest BCUT2D eigenvalue weighted by Crippen LogP contribution is -2.30. The minimum atomic E-state index is 0.0140. The van der Waals surface area contributed by atoms with Gasteiger partial charge in [0.1, 0.15) is 3.23 Å². The van der Waals surface area contributed by atoms with Gasteiger partial charge in [0.25, 0.3) is 0 Å². The van der Waals surface area contributed by atoms with Crippen LogP contribution in [0.2, 0.25) is 0 Å². The van der Waals surface area contributed by atoms with Crippen LogP contribution < -0.4 is 0 Å². The Kier molecular flexibility index (Phi) is 2.54. The van der Waals surface area contributed by atoms with E-state index in [1.165, 1.54) is 28.3 Å². The lowest BCUT2D eigenvalue weighted by atomic mass is 9.89. The molecule has 3 atom stereocenters. The van der Waals surface area contributed by atoms with Crippen molar-refractivity contribution in [2.24, 2.45) is 0 Å². The summed E-state index contributed by atoms with van der Waals surface area (Å²) < 4.78 is 0.0140. The SMILES string of the molecule is BrC1[C@H]2C[C@H](c3cc4ccccc4cc32)C1(Br)Br. The fourth-order valence-corrected chi connectivity index (χ4v) is 5.83. The van der Waals surface area contributed by atoms with Crippen LogP contribution >= 0.6 is 47.8 Å². The summed E-state index contributed by atoms with van der Waals surface area (Å²) in [6, 6.07) is 13.4. The van der Waals surface area contributed by atoms with E-state index in [0.29, 0.717) is 16.7 Å². The summed E-state index contributed by atoms with van der Waals surface area (Å²) in [5.74, 6) is 1.18. The minimum absolute atomic E-state index is 0.0140. The van der Waals surface area contributed by atoms with E-state index in [-0.39, 0.29) is 3.23 Å². The molecule has 2 aliphatic carbocycles. The van der Waals surface area contributed by atoms with Crippen LogP contribution in [0.3, 0.4) is 0 Å².